The smallest absolute Gasteiger partial charge is 0.261 e. The molecule has 3 aromatic carbocycles. The van der Waals surface area contributed by atoms with E-state index >= 15 is 0 Å². The highest BCUT2D eigenvalue weighted by atomic mass is 32.2. The summed E-state index contributed by atoms with van der Waals surface area (Å²) in [5.74, 6) is -0.249. The van der Waals surface area contributed by atoms with Crippen LogP contribution in [0, 0.1) is 0 Å². The summed E-state index contributed by atoms with van der Waals surface area (Å²) in [6.07, 6.45) is 0.546. The van der Waals surface area contributed by atoms with E-state index in [1.807, 2.05) is 24.3 Å². The highest BCUT2D eigenvalue weighted by molar-refractivity contribution is 7.89. The Bertz CT molecular complexity index is 1320. The van der Waals surface area contributed by atoms with Crippen molar-refractivity contribution in [2.45, 2.75) is 17.4 Å². The second-order valence-electron chi connectivity index (χ2n) is 8.02. The summed E-state index contributed by atoms with van der Waals surface area (Å²) in [6.45, 7) is 0.192. The van der Waals surface area contributed by atoms with Crippen LogP contribution in [0.4, 0.5) is 0 Å². The maximum Gasteiger partial charge on any atom is 0.261 e. The minimum atomic E-state index is -3.89. The van der Waals surface area contributed by atoms with Crippen molar-refractivity contribution in [3.8, 4) is 5.75 Å². The van der Waals surface area contributed by atoms with Crippen LogP contribution >= 0.6 is 0 Å². The van der Waals surface area contributed by atoms with E-state index in [1.165, 1.54) is 23.5 Å². The number of fused-ring (bicyclic) bond motifs is 2. The first-order valence-corrected chi connectivity index (χ1v) is 12.0. The number of nitrogens with zero attached hydrogens (tertiary/aromatic N) is 2. The van der Waals surface area contributed by atoms with Crippen LogP contribution in [0.2, 0.25) is 0 Å². The van der Waals surface area contributed by atoms with E-state index in [0.717, 1.165) is 16.0 Å². The van der Waals surface area contributed by atoms with Gasteiger partial charge in [-0.15, -0.1) is 0 Å². The number of benzene rings is 3. The zero-order chi connectivity index (χ0) is 23.2. The van der Waals surface area contributed by atoms with E-state index in [2.05, 4.69) is 0 Å². The second kappa shape index (κ2) is 8.13. The molecule has 8 heteroatoms. The lowest BCUT2D eigenvalue weighted by Crippen LogP contribution is -2.46. The van der Waals surface area contributed by atoms with Gasteiger partial charge in [0.2, 0.25) is 10.0 Å². The molecule has 0 N–H and O–H groups in total. The SMILES string of the molecule is COc1ccc(S(=O)(=O)N2CCc3ccccc3C2CN2C(=O)c3ccccc3C2=O)cc1. The summed E-state index contributed by atoms with van der Waals surface area (Å²) in [5.41, 5.74) is 2.50. The lowest BCUT2D eigenvalue weighted by Gasteiger charge is -2.37. The van der Waals surface area contributed by atoms with Crippen LogP contribution in [0.25, 0.3) is 0 Å². The fourth-order valence-electron chi connectivity index (χ4n) is 4.57. The molecule has 0 radical (unpaired) electrons. The molecule has 0 aliphatic carbocycles. The zero-order valence-electron chi connectivity index (χ0n) is 18.0. The monoisotopic (exact) mass is 462 g/mol. The number of hydrogen-bond acceptors (Lipinski definition) is 5. The van der Waals surface area contributed by atoms with Crippen LogP contribution in [0.3, 0.4) is 0 Å². The van der Waals surface area contributed by atoms with Crippen molar-refractivity contribution in [2.75, 3.05) is 20.2 Å². The number of imide groups is 1. The van der Waals surface area contributed by atoms with Gasteiger partial charge in [0, 0.05) is 6.54 Å². The third kappa shape index (κ3) is 3.51. The minimum Gasteiger partial charge on any atom is -0.497 e. The molecule has 2 aliphatic heterocycles. The molecule has 2 aliphatic rings. The van der Waals surface area contributed by atoms with Crippen molar-refractivity contribution >= 4 is 21.8 Å². The molecule has 0 fully saturated rings. The molecular weight excluding hydrogens is 440 g/mol. The van der Waals surface area contributed by atoms with Gasteiger partial charge in [-0.05, 0) is 53.9 Å². The quantitative estimate of drug-likeness (QED) is 0.544. The maximum atomic E-state index is 13.7. The molecule has 0 bridgehead atoms. The molecule has 2 amide bonds. The van der Waals surface area contributed by atoms with Crippen LogP contribution in [0.5, 0.6) is 5.75 Å². The number of methoxy groups -OCH3 is 1. The van der Waals surface area contributed by atoms with Crippen molar-refractivity contribution in [1.29, 1.82) is 0 Å². The molecule has 2 heterocycles. The average molecular weight is 463 g/mol. The summed E-state index contributed by atoms with van der Waals surface area (Å²) in [6, 6.07) is 19.8. The van der Waals surface area contributed by atoms with Gasteiger partial charge in [0.25, 0.3) is 11.8 Å². The number of hydrogen-bond donors (Lipinski definition) is 0. The molecule has 0 saturated heterocycles. The Kier molecular flexibility index (Phi) is 5.26. The predicted octanol–water partition coefficient (Wildman–Crippen LogP) is 3.28. The molecule has 3 aromatic rings. The van der Waals surface area contributed by atoms with E-state index in [9.17, 15) is 18.0 Å². The molecule has 168 valence electrons. The van der Waals surface area contributed by atoms with E-state index in [1.54, 1.807) is 36.4 Å². The Morgan fingerprint density at radius 1 is 0.879 bits per heavy atom. The summed E-state index contributed by atoms with van der Waals surface area (Å²) in [4.78, 5) is 27.3. The first-order valence-electron chi connectivity index (χ1n) is 10.6. The normalized spacial score (nSPS) is 18.2. The highest BCUT2D eigenvalue weighted by Crippen LogP contribution is 2.36. The van der Waals surface area contributed by atoms with Gasteiger partial charge in [0.15, 0.2) is 0 Å². The molecule has 7 nitrogen and oxygen atoms in total. The Labute approximate surface area is 192 Å². The zero-order valence-corrected chi connectivity index (χ0v) is 18.8. The Balaban J connectivity index is 1.55. The molecule has 0 saturated carbocycles. The Morgan fingerprint density at radius 3 is 2.12 bits per heavy atom. The van der Waals surface area contributed by atoms with Crippen molar-refractivity contribution in [1.82, 2.24) is 9.21 Å². The lowest BCUT2D eigenvalue weighted by atomic mass is 9.94. The van der Waals surface area contributed by atoms with E-state index < -0.39 is 27.9 Å². The second-order valence-corrected chi connectivity index (χ2v) is 9.91. The summed E-state index contributed by atoms with van der Waals surface area (Å²) < 4.78 is 33.9. The van der Waals surface area contributed by atoms with E-state index in [-0.39, 0.29) is 18.0 Å². The standard InChI is InChI=1S/C25H22N2O5S/c1-32-18-10-12-19(13-11-18)33(30,31)27-15-14-17-6-2-3-7-20(17)23(27)16-26-24(28)21-8-4-5-9-22(21)25(26)29/h2-13,23H,14-16H2,1H3. The first-order chi connectivity index (χ1) is 15.9. The summed E-state index contributed by atoms with van der Waals surface area (Å²) in [5, 5.41) is 0. The van der Waals surface area contributed by atoms with Crippen molar-refractivity contribution in [3.05, 3.63) is 95.1 Å². The topological polar surface area (TPSA) is 84.0 Å². The molecule has 1 atom stereocenters. The Hall–Kier alpha value is -3.49. The molecule has 0 spiro atoms. The van der Waals surface area contributed by atoms with Crippen molar-refractivity contribution < 1.29 is 22.7 Å². The van der Waals surface area contributed by atoms with Gasteiger partial charge in [-0.2, -0.15) is 4.31 Å². The lowest BCUT2D eigenvalue weighted by molar-refractivity contribution is 0.0616. The average Bonchev–Trinajstić information content (AvgIpc) is 3.09. The van der Waals surface area contributed by atoms with Gasteiger partial charge >= 0.3 is 0 Å². The first kappa shape index (κ1) is 21.4. The third-order valence-electron chi connectivity index (χ3n) is 6.26. The maximum absolute atomic E-state index is 13.7. The number of carbonyl (C=O) groups excluding carboxylic acids is 2. The van der Waals surface area contributed by atoms with Crippen LogP contribution in [-0.2, 0) is 16.4 Å². The largest absolute Gasteiger partial charge is 0.497 e. The van der Waals surface area contributed by atoms with Gasteiger partial charge in [-0.1, -0.05) is 36.4 Å². The summed E-state index contributed by atoms with van der Waals surface area (Å²) in [7, 11) is -2.38. The van der Waals surface area contributed by atoms with Crippen LogP contribution in [-0.4, -0.2) is 49.6 Å². The van der Waals surface area contributed by atoms with E-state index in [4.69, 9.17) is 4.74 Å². The third-order valence-corrected chi connectivity index (χ3v) is 8.19. The fraction of sp³-hybridized carbons (Fsp3) is 0.200. The number of amides is 2. The van der Waals surface area contributed by atoms with Gasteiger partial charge < -0.3 is 4.74 Å². The fourth-order valence-corrected chi connectivity index (χ4v) is 6.16. The van der Waals surface area contributed by atoms with Gasteiger partial charge in [0.05, 0.1) is 35.7 Å². The van der Waals surface area contributed by atoms with Crippen molar-refractivity contribution in [2.24, 2.45) is 0 Å². The number of rotatable bonds is 5. The Morgan fingerprint density at radius 2 is 1.48 bits per heavy atom. The summed E-state index contributed by atoms with van der Waals surface area (Å²) >= 11 is 0. The van der Waals surface area contributed by atoms with Gasteiger partial charge in [-0.3, -0.25) is 14.5 Å². The van der Waals surface area contributed by atoms with Gasteiger partial charge in [0.1, 0.15) is 5.75 Å². The molecule has 5 rings (SSSR count). The highest BCUT2D eigenvalue weighted by Gasteiger charge is 2.42. The van der Waals surface area contributed by atoms with Crippen LogP contribution in [0.1, 0.15) is 37.9 Å². The number of ether oxygens (including phenoxy) is 1. The number of carbonyl (C=O) groups is 2. The predicted molar refractivity (Wildman–Crippen MR) is 122 cm³/mol. The van der Waals surface area contributed by atoms with Crippen LogP contribution < -0.4 is 4.74 Å². The molecule has 0 aromatic heterocycles. The molecule has 1 unspecified atom stereocenters. The van der Waals surface area contributed by atoms with Crippen molar-refractivity contribution in [3.63, 3.8) is 0 Å². The molecule has 33 heavy (non-hydrogen) atoms. The molecular formula is C25H22N2O5S. The minimum absolute atomic E-state index is 0.0568. The van der Waals surface area contributed by atoms with Crippen LogP contribution in [0.15, 0.2) is 77.7 Å². The van der Waals surface area contributed by atoms with E-state index in [0.29, 0.717) is 23.3 Å². The number of sulfonamides is 1. The van der Waals surface area contributed by atoms with Gasteiger partial charge in [-0.25, -0.2) is 8.42 Å².